The maximum Gasteiger partial charge on any atom is 0.257 e. The molecule has 0 saturated carbocycles. The van der Waals surface area contributed by atoms with E-state index in [-0.39, 0.29) is 11.7 Å². The van der Waals surface area contributed by atoms with Gasteiger partial charge in [-0.15, -0.1) is 0 Å². The Kier molecular flexibility index (Phi) is 5.07. The Labute approximate surface area is 125 Å². The number of likely N-dealkylation sites (tertiary alicyclic amines) is 1. The number of benzene rings is 1. The number of phenols is 1. The summed E-state index contributed by atoms with van der Waals surface area (Å²) in [5.41, 5.74) is 0.309. The number of phenolic OH excluding ortho intramolecular Hbond substituents is 1. The molecule has 1 aromatic rings. The lowest BCUT2D eigenvalue weighted by Gasteiger charge is -2.37. The molecule has 21 heavy (non-hydrogen) atoms. The molecule has 1 aliphatic rings. The van der Waals surface area contributed by atoms with E-state index in [2.05, 4.69) is 19.2 Å². The number of rotatable bonds is 4. The van der Waals surface area contributed by atoms with Crippen LogP contribution in [0.4, 0.5) is 0 Å². The summed E-state index contributed by atoms with van der Waals surface area (Å²) in [6, 6.07) is 5.46. The zero-order valence-electron chi connectivity index (χ0n) is 12.9. The third kappa shape index (κ3) is 3.29. The van der Waals surface area contributed by atoms with Crippen LogP contribution >= 0.6 is 0 Å². The first-order valence-corrected chi connectivity index (χ1v) is 7.47. The van der Waals surface area contributed by atoms with Crippen LogP contribution in [-0.2, 0) is 0 Å². The molecule has 1 fully saturated rings. The summed E-state index contributed by atoms with van der Waals surface area (Å²) in [6.45, 7) is 6.60. The van der Waals surface area contributed by atoms with Crippen LogP contribution < -0.4 is 10.1 Å². The van der Waals surface area contributed by atoms with Gasteiger partial charge in [-0.2, -0.15) is 0 Å². The molecule has 0 bridgehead atoms. The lowest BCUT2D eigenvalue weighted by molar-refractivity contribution is 0.0642. The number of aromatic hydroxyl groups is 1. The molecule has 1 saturated heterocycles. The van der Waals surface area contributed by atoms with Crippen molar-refractivity contribution in [2.24, 2.45) is 5.92 Å². The summed E-state index contributed by atoms with van der Waals surface area (Å²) in [5, 5.41) is 13.6. The fraction of sp³-hybridized carbons (Fsp3) is 0.562. The van der Waals surface area contributed by atoms with Crippen molar-refractivity contribution >= 4 is 5.91 Å². The second kappa shape index (κ2) is 6.80. The van der Waals surface area contributed by atoms with Crippen LogP contribution in [0.15, 0.2) is 18.2 Å². The first kappa shape index (κ1) is 15.6. The fourth-order valence-electron chi connectivity index (χ4n) is 2.93. The van der Waals surface area contributed by atoms with E-state index in [1.165, 1.54) is 7.11 Å². The monoisotopic (exact) mass is 292 g/mol. The van der Waals surface area contributed by atoms with Gasteiger partial charge in [-0.25, -0.2) is 0 Å². The molecular formula is C16H24N2O3. The van der Waals surface area contributed by atoms with Gasteiger partial charge in [0.2, 0.25) is 0 Å². The zero-order valence-corrected chi connectivity index (χ0v) is 12.9. The highest BCUT2D eigenvalue weighted by Gasteiger charge is 2.29. The third-order valence-corrected chi connectivity index (χ3v) is 4.11. The van der Waals surface area contributed by atoms with E-state index in [0.717, 1.165) is 13.0 Å². The molecule has 2 rings (SSSR count). The van der Waals surface area contributed by atoms with Crippen molar-refractivity contribution in [1.82, 2.24) is 10.2 Å². The van der Waals surface area contributed by atoms with Crippen LogP contribution in [0.25, 0.3) is 0 Å². The number of nitrogens with zero attached hydrogens (tertiary/aromatic N) is 1. The van der Waals surface area contributed by atoms with Gasteiger partial charge in [-0.1, -0.05) is 19.9 Å². The van der Waals surface area contributed by atoms with Gasteiger partial charge in [0.05, 0.1) is 12.7 Å². The first-order valence-electron chi connectivity index (χ1n) is 7.47. The average Bonchev–Trinajstić information content (AvgIpc) is 2.49. The number of piperidine rings is 1. The van der Waals surface area contributed by atoms with E-state index in [0.29, 0.717) is 36.4 Å². The van der Waals surface area contributed by atoms with Gasteiger partial charge in [0, 0.05) is 19.1 Å². The minimum absolute atomic E-state index is 0.0774. The molecule has 2 atom stereocenters. The molecule has 2 N–H and O–H groups in total. The molecule has 1 heterocycles. The Morgan fingerprint density at radius 2 is 2.29 bits per heavy atom. The first-order chi connectivity index (χ1) is 10.1. The number of hydrogen-bond donors (Lipinski definition) is 2. The van der Waals surface area contributed by atoms with Crippen LogP contribution in [-0.4, -0.2) is 48.7 Å². The number of hydrogen-bond acceptors (Lipinski definition) is 4. The predicted octanol–water partition coefficient (Wildman–Crippen LogP) is 1.86. The minimum atomic E-state index is -0.131. The van der Waals surface area contributed by atoms with Crippen LogP contribution in [0.3, 0.4) is 0 Å². The van der Waals surface area contributed by atoms with Crippen LogP contribution in [0.2, 0.25) is 0 Å². The number of para-hydroxylation sites is 1. The number of nitrogens with one attached hydrogen (secondary N) is 1. The highest BCUT2D eigenvalue weighted by Crippen LogP contribution is 2.31. The van der Waals surface area contributed by atoms with Crippen molar-refractivity contribution in [2.45, 2.75) is 26.3 Å². The number of amides is 1. The van der Waals surface area contributed by atoms with E-state index in [1.807, 2.05) is 4.90 Å². The number of ether oxygens (including phenoxy) is 1. The lowest BCUT2D eigenvalue weighted by Crippen LogP contribution is -2.50. The van der Waals surface area contributed by atoms with Crippen molar-refractivity contribution in [3.05, 3.63) is 23.8 Å². The Morgan fingerprint density at radius 3 is 2.90 bits per heavy atom. The van der Waals surface area contributed by atoms with Crippen LogP contribution in [0.1, 0.15) is 30.6 Å². The Balaban J connectivity index is 2.11. The molecule has 0 aromatic heterocycles. The van der Waals surface area contributed by atoms with Gasteiger partial charge in [0.25, 0.3) is 5.91 Å². The Hall–Kier alpha value is -1.75. The van der Waals surface area contributed by atoms with E-state index >= 15 is 0 Å². The van der Waals surface area contributed by atoms with Gasteiger partial charge in [-0.3, -0.25) is 4.79 Å². The predicted molar refractivity (Wildman–Crippen MR) is 81.8 cm³/mol. The Bertz CT molecular complexity index is 504. The maximum atomic E-state index is 12.6. The van der Waals surface area contributed by atoms with E-state index in [4.69, 9.17) is 4.74 Å². The van der Waals surface area contributed by atoms with E-state index in [1.54, 1.807) is 18.2 Å². The second-order valence-electron chi connectivity index (χ2n) is 5.54. The Morgan fingerprint density at radius 1 is 1.52 bits per heavy atom. The molecule has 5 heteroatoms. The van der Waals surface area contributed by atoms with Crippen molar-refractivity contribution in [3.8, 4) is 11.5 Å². The summed E-state index contributed by atoms with van der Waals surface area (Å²) in [4.78, 5) is 14.4. The zero-order chi connectivity index (χ0) is 15.4. The largest absolute Gasteiger partial charge is 0.504 e. The molecule has 5 nitrogen and oxygen atoms in total. The molecule has 116 valence electrons. The average molecular weight is 292 g/mol. The summed E-state index contributed by atoms with van der Waals surface area (Å²) >= 11 is 0. The van der Waals surface area contributed by atoms with Gasteiger partial charge in [-0.05, 0) is 31.0 Å². The van der Waals surface area contributed by atoms with E-state index in [9.17, 15) is 9.90 Å². The van der Waals surface area contributed by atoms with Gasteiger partial charge in [0.1, 0.15) is 0 Å². The number of carbonyl (C=O) groups excluding carboxylic acids is 1. The standard InChI is InChI=1S/C16H24N2O3/c1-4-17-13-8-9-18(10-11(13)2)16(20)12-6-5-7-14(21-3)15(12)19/h5-7,11,13,17,19H,4,8-10H2,1-3H3. The molecule has 0 radical (unpaired) electrons. The summed E-state index contributed by atoms with van der Waals surface area (Å²) in [7, 11) is 1.48. The maximum absolute atomic E-state index is 12.6. The topological polar surface area (TPSA) is 61.8 Å². The molecule has 0 spiro atoms. The normalized spacial score (nSPS) is 22.1. The van der Waals surface area contributed by atoms with Crippen molar-refractivity contribution in [3.63, 3.8) is 0 Å². The second-order valence-corrected chi connectivity index (χ2v) is 5.54. The molecule has 1 aliphatic heterocycles. The highest BCUT2D eigenvalue weighted by molar-refractivity contribution is 5.97. The van der Waals surface area contributed by atoms with E-state index < -0.39 is 0 Å². The lowest BCUT2D eigenvalue weighted by atomic mass is 9.93. The number of methoxy groups -OCH3 is 1. The minimum Gasteiger partial charge on any atom is -0.504 e. The van der Waals surface area contributed by atoms with Crippen LogP contribution in [0, 0.1) is 5.92 Å². The summed E-state index contributed by atoms with van der Waals surface area (Å²) < 4.78 is 5.06. The van der Waals surface area contributed by atoms with Crippen molar-refractivity contribution < 1.29 is 14.6 Å². The smallest absolute Gasteiger partial charge is 0.257 e. The SMILES string of the molecule is CCNC1CCN(C(=O)c2cccc(OC)c2O)CC1C. The van der Waals surface area contributed by atoms with Gasteiger partial charge >= 0.3 is 0 Å². The third-order valence-electron chi connectivity index (χ3n) is 4.11. The highest BCUT2D eigenvalue weighted by atomic mass is 16.5. The quantitative estimate of drug-likeness (QED) is 0.889. The van der Waals surface area contributed by atoms with Gasteiger partial charge < -0.3 is 20.1 Å². The molecule has 2 unspecified atom stereocenters. The van der Waals surface area contributed by atoms with Crippen LogP contribution in [0.5, 0.6) is 11.5 Å². The molecule has 1 aromatic carbocycles. The molecular weight excluding hydrogens is 268 g/mol. The van der Waals surface area contributed by atoms with Gasteiger partial charge in [0.15, 0.2) is 11.5 Å². The summed E-state index contributed by atoms with van der Waals surface area (Å²) in [5.74, 6) is 0.520. The summed E-state index contributed by atoms with van der Waals surface area (Å²) in [6.07, 6.45) is 0.936. The molecule has 0 aliphatic carbocycles. The number of carbonyl (C=O) groups is 1. The fourth-order valence-corrected chi connectivity index (χ4v) is 2.93. The van der Waals surface area contributed by atoms with Crippen molar-refractivity contribution in [1.29, 1.82) is 0 Å². The van der Waals surface area contributed by atoms with Crippen molar-refractivity contribution in [2.75, 3.05) is 26.7 Å². The molecule has 1 amide bonds.